The maximum Gasteiger partial charge on any atom is 0.326 e. The van der Waals surface area contributed by atoms with E-state index in [1.165, 1.54) is 24.3 Å². The maximum absolute atomic E-state index is 13.1. The highest BCUT2D eigenvalue weighted by molar-refractivity contribution is 6.08. The second kappa shape index (κ2) is 8.66. The van der Waals surface area contributed by atoms with Gasteiger partial charge in [0.25, 0.3) is 11.5 Å². The van der Waals surface area contributed by atoms with Crippen molar-refractivity contribution in [3.05, 3.63) is 93.8 Å². The summed E-state index contributed by atoms with van der Waals surface area (Å²) in [5, 5.41) is 5.51. The molecule has 0 saturated carbocycles. The van der Waals surface area contributed by atoms with E-state index in [2.05, 4.69) is 15.6 Å². The van der Waals surface area contributed by atoms with Crippen LogP contribution in [0.1, 0.15) is 21.6 Å². The van der Waals surface area contributed by atoms with Gasteiger partial charge >= 0.3 is 6.03 Å². The molecular formula is C25H21FN4O3. The lowest BCUT2D eigenvalue weighted by molar-refractivity contribution is 0.0967. The predicted molar refractivity (Wildman–Crippen MR) is 125 cm³/mol. The van der Waals surface area contributed by atoms with Gasteiger partial charge in [0, 0.05) is 41.1 Å². The molecule has 0 aliphatic heterocycles. The van der Waals surface area contributed by atoms with Gasteiger partial charge in [-0.3, -0.25) is 19.9 Å². The zero-order valence-corrected chi connectivity index (χ0v) is 18.3. The van der Waals surface area contributed by atoms with Crippen LogP contribution >= 0.6 is 0 Å². The van der Waals surface area contributed by atoms with Gasteiger partial charge in [0.15, 0.2) is 0 Å². The van der Waals surface area contributed by atoms with Crippen molar-refractivity contribution in [2.45, 2.75) is 13.8 Å². The molecule has 3 amide bonds. The van der Waals surface area contributed by atoms with E-state index in [0.717, 1.165) is 22.2 Å². The van der Waals surface area contributed by atoms with Gasteiger partial charge in [0.2, 0.25) is 0 Å². The molecule has 33 heavy (non-hydrogen) atoms. The van der Waals surface area contributed by atoms with Crippen molar-refractivity contribution in [1.29, 1.82) is 0 Å². The van der Waals surface area contributed by atoms with Crippen molar-refractivity contribution in [2.75, 3.05) is 5.32 Å². The van der Waals surface area contributed by atoms with Gasteiger partial charge in [-0.25, -0.2) is 9.18 Å². The molecule has 4 aromatic rings. The molecule has 7 nitrogen and oxygen atoms in total. The number of hydrogen-bond acceptors (Lipinski definition) is 4. The molecule has 0 radical (unpaired) electrons. The van der Waals surface area contributed by atoms with E-state index in [0.29, 0.717) is 16.8 Å². The fourth-order valence-electron chi connectivity index (χ4n) is 3.58. The van der Waals surface area contributed by atoms with Gasteiger partial charge in [-0.2, -0.15) is 0 Å². The van der Waals surface area contributed by atoms with Crippen molar-refractivity contribution in [1.82, 2.24) is 14.9 Å². The molecule has 2 aromatic carbocycles. The number of amides is 3. The van der Waals surface area contributed by atoms with Crippen LogP contribution in [0.5, 0.6) is 0 Å². The number of carbonyl (C=O) groups is 2. The zero-order valence-electron chi connectivity index (χ0n) is 18.3. The Morgan fingerprint density at radius 3 is 2.42 bits per heavy atom. The van der Waals surface area contributed by atoms with Crippen LogP contribution in [-0.4, -0.2) is 21.5 Å². The quantitative estimate of drug-likeness (QED) is 0.492. The third kappa shape index (κ3) is 4.50. The first kappa shape index (κ1) is 21.9. The average Bonchev–Trinajstić information content (AvgIpc) is 2.78. The summed E-state index contributed by atoms with van der Waals surface area (Å²) in [4.78, 5) is 42.2. The number of anilines is 1. The lowest BCUT2D eigenvalue weighted by atomic mass is 9.97. The van der Waals surface area contributed by atoms with E-state index in [4.69, 9.17) is 0 Å². The highest BCUT2D eigenvalue weighted by Crippen LogP contribution is 2.25. The summed E-state index contributed by atoms with van der Waals surface area (Å²) < 4.78 is 14.6. The largest absolute Gasteiger partial charge is 0.326 e. The number of aryl methyl sites for hydroxylation is 3. The Kier molecular flexibility index (Phi) is 5.74. The molecular weight excluding hydrogens is 423 g/mol. The van der Waals surface area contributed by atoms with Crippen molar-refractivity contribution in [3.8, 4) is 11.1 Å². The van der Waals surface area contributed by atoms with E-state index in [1.807, 2.05) is 19.9 Å². The standard InChI is InChI=1S/C25H21FN4O3/c1-14-4-5-16(23(31)29-25(33)28-19-8-6-18(26)7-9-19)11-20(14)21-12-17-13-27-15(2)10-22(17)30(3)24(21)32/h4-13H,1-3H3,(H2,28,29,31,33). The molecule has 8 heteroatoms. The number of nitrogens with one attached hydrogen (secondary N) is 2. The second-order valence-electron chi connectivity index (χ2n) is 7.75. The molecule has 0 spiro atoms. The fourth-order valence-corrected chi connectivity index (χ4v) is 3.58. The fraction of sp³-hybridized carbons (Fsp3) is 0.120. The SMILES string of the molecule is Cc1cc2c(cn1)cc(-c1cc(C(=O)NC(=O)Nc3ccc(F)cc3)ccc1C)c(=O)n2C. The first-order chi connectivity index (χ1) is 15.7. The number of benzene rings is 2. The normalized spacial score (nSPS) is 10.8. The predicted octanol–water partition coefficient (Wildman–Crippen LogP) is 4.32. The number of halogens is 1. The van der Waals surface area contributed by atoms with Crippen molar-refractivity contribution >= 4 is 28.5 Å². The Labute approximate surface area is 188 Å². The van der Waals surface area contributed by atoms with Crippen molar-refractivity contribution < 1.29 is 14.0 Å². The molecule has 0 atom stereocenters. The summed E-state index contributed by atoms with van der Waals surface area (Å²) in [7, 11) is 1.69. The van der Waals surface area contributed by atoms with Gasteiger partial charge in [-0.1, -0.05) is 6.07 Å². The van der Waals surface area contributed by atoms with Crippen LogP contribution in [-0.2, 0) is 7.05 Å². The van der Waals surface area contributed by atoms with Crippen LogP contribution in [0.25, 0.3) is 22.0 Å². The molecule has 4 rings (SSSR count). The van der Waals surface area contributed by atoms with Crippen LogP contribution in [0.15, 0.2) is 65.6 Å². The number of aromatic nitrogens is 2. The summed E-state index contributed by atoms with van der Waals surface area (Å²) in [5.74, 6) is -1.07. The molecule has 2 N–H and O–H groups in total. The highest BCUT2D eigenvalue weighted by atomic mass is 19.1. The summed E-state index contributed by atoms with van der Waals surface area (Å²) in [6, 6.07) is 12.9. The Morgan fingerprint density at radius 1 is 0.970 bits per heavy atom. The summed E-state index contributed by atoms with van der Waals surface area (Å²) >= 11 is 0. The second-order valence-corrected chi connectivity index (χ2v) is 7.75. The summed E-state index contributed by atoms with van der Waals surface area (Å²) in [6.45, 7) is 3.70. The Morgan fingerprint density at radius 2 is 1.70 bits per heavy atom. The van der Waals surface area contributed by atoms with Crippen LogP contribution in [0, 0.1) is 19.7 Å². The smallest absolute Gasteiger partial charge is 0.311 e. The number of nitrogens with zero attached hydrogens (tertiary/aromatic N) is 2. The molecule has 0 aliphatic rings. The first-order valence-electron chi connectivity index (χ1n) is 10.2. The third-order valence-electron chi connectivity index (χ3n) is 5.36. The van der Waals surface area contributed by atoms with Crippen LogP contribution in [0.2, 0.25) is 0 Å². The summed E-state index contributed by atoms with van der Waals surface area (Å²) in [5.41, 5.74) is 3.74. The maximum atomic E-state index is 13.1. The number of carbonyl (C=O) groups excluding carboxylic acids is 2. The Balaban J connectivity index is 1.64. The van der Waals surface area contributed by atoms with Gasteiger partial charge in [-0.05, 0) is 73.5 Å². The molecule has 0 aliphatic carbocycles. The molecule has 0 fully saturated rings. The number of urea groups is 1. The van der Waals surface area contributed by atoms with Crippen molar-refractivity contribution in [2.24, 2.45) is 7.05 Å². The number of rotatable bonds is 3. The van der Waals surface area contributed by atoms with E-state index in [1.54, 1.807) is 42.1 Å². The molecule has 166 valence electrons. The van der Waals surface area contributed by atoms with E-state index in [9.17, 15) is 18.8 Å². The van der Waals surface area contributed by atoms with Crippen LogP contribution < -0.4 is 16.2 Å². The minimum absolute atomic E-state index is 0.206. The van der Waals surface area contributed by atoms with Crippen molar-refractivity contribution in [3.63, 3.8) is 0 Å². The van der Waals surface area contributed by atoms with Crippen LogP contribution in [0.4, 0.5) is 14.9 Å². The van der Waals surface area contributed by atoms with Crippen LogP contribution in [0.3, 0.4) is 0 Å². The van der Waals surface area contributed by atoms with Gasteiger partial charge in [-0.15, -0.1) is 0 Å². The Bertz CT molecular complexity index is 1460. The van der Waals surface area contributed by atoms with E-state index < -0.39 is 17.8 Å². The molecule has 0 unspecified atom stereocenters. The summed E-state index contributed by atoms with van der Waals surface area (Å²) in [6.07, 6.45) is 1.71. The number of fused-ring (bicyclic) bond motifs is 1. The molecule has 2 aromatic heterocycles. The van der Waals surface area contributed by atoms with Gasteiger partial charge < -0.3 is 9.88 Å². The Hall–Kier alpha value is -4.33. The van der Waals surface area contributed by atoms with Gasteiger partial charge in [0.05, 0.1) is 5.52 Å². The lowest BCUT2D eigenvalue weighted by Gasteiger charge is -2.13. The van der Waals surface area contributed by atoms with E-state index >= 15 is 0 Å². The first-order valence-corrected chi connectivity index (χ1v) is 10.2. The topological polar surface area (TPSA) is 93.1 Å². The monoisotopic (exact) mass is 444 g/mol. The molecule has 2 heterocycles. The number of imide groups is 1. The third-order valence-corrected chi connectivity index (χ3v) is 5.36. The van der Waals surface area contributed by atoms with Gasteiger partial charge in [0.1, 0.15) is 5.82 Å². The number of pyridine rings is 2. The molecule has 0 bridgehead atoms. The lowest BCUT2D eigenvalue weighted by Crippen LogP contribution is -2.34. The minimum Gasteiger partial charge on any atom is -0.311 e. The zero-order chi connectivity index (χ0) is 23.7. The molecule has 0 saturated heterocycles. The minimum atomic E-state index is -0.753. The van der Waals surface area contributed by atoms with E-state index in [-0.39, 0.29) is 11.1 Å². The average molecular weight is 444 g/mol. The highest BCUT2D eigenvalue weighted by Gasteiger charge is 2.16. The number of hydrogen-bond donors (Lipinski definition) is 2.